The van der Waals surface area contributed by atoms with Crippen LogP contribution in [0.4, 0.5) is 0 Å². The molecular formula is C58H40N2S. The summed E-state index contributed by atoms with van der Waals surface area (Å²) in [6, 6.07) is 71.5. The highest BCUT2D eigenvalue weighted by Crippen LogP contribution is 2.46. The minimum atomic E-state index is 0.895. The largest absolute Gasteiger partial charge is 0.309 e. The Kier molecular flexibility index (Phi) is 8.43. The predicted molar refractivity (Wildman–Crippen MR) is 261 cm³/mol. The highest BCUT2D eigenvalue weighted by Gasteiger charge is 2.20. The number of rotatable bonds is 7. The van der Waals surface area contributed by atoms with Crippen LogP contribution in [0.25, 0.3) is 103 Å². The van der Waals surface area contributed by atoms with Gasteiger partial charge in [0.25, 0.3) is 0 Å². The summed E-state index contributed by atoms with van der Waals surface area (Å²) in [5, 5.41) is 10.3. The predicted octanol–water partition coefficient (Wildman–Crippen LogP) is 15.9. The minimum absolute atomic E-state index is 0.895. The second-order valence-corrected chi connectivity index (χ2v) is 17.3. The Labute approximate surface area is 358 Å². The third-order valence-electron chi connectivity index (χ3n) is 12.7. The van der Waals surface area contributed by atoms with Crippen molar-refractivity contribution in [1.82, 2.24) is 9.55 Å². The lowest BCUT2D eigenvalue weighted by atomic mass is 9.91. The molecule has 0 unspecified atom stereocenters. The summed E-state index contributed by atoms with van der Waals surface area (Å²) in [6.45, 7) is 2.26. The van der Waals surface area contributed by atoms with E-state index in [0.29, 0.717) is 0 Å². The molecule has 288 valence electrons. The Morgan fingerprint density at radius 2 is 1.20 bits per heavy atom. The van der Waals surface area contributed by atoms with Crippen molar-refractivity contribution >= 4 is 74.9 Å². The zero-order valence-electron chi connectivity index (χ0n) is 33.8. The van der Waals surface area contributed by atoms with E-state index < -0.39 is 0 Å². The number of pyridine rings is 1. The van der Waals surface area contributed by atoms with Gasteiger partial charge in [-0.25, -0.2) is 0 Å². The number of thiophene rings is 1. The smallest absolute Gasteiger partial charge is 0.0555 e. The van der Waals surface area contributed by atoms with Crippen molar-refractivity contribution in [2.24, 2.45) is 0 Å². The van der Waals surface area contributed by atoms with E-state index in [4.69, 9.17) is 4.98 Å². The van der Waals surface area contributed by atoms with Gasteiger partial charge in [0.05, 0.1) is 11.0 Å². The van der Waals surface area contributed by atoms with Crippen molar-refractivity contribution in [2.75, 3.05) is 0 Å². The highest BCUT2D eigenvalue weighted by atomic mass is 32.1. The Bertz CT molecular complexity index is 3650. The highest BCUT2D eigenvalue weighted by molar-refractivity contribution is 7.26. The van der Waals surface area contributed by atoms with Crippen molar-refractivity contribution in [3.63, 3.8) is 0 Å². The van der Waals surface area contributed by atoms with Gasteiger partial charge in [0.1, 0.15) is 0 Å². The molecule has 0 aliphatic rings. The first-order chi connectivity index (χ1) is 30.2. The molecule has 12 rings (SSSR count). The summed E-state index contributed by atoms with van der Waals surface area (Å²) >= 11 is 1.92. The summed E-state index contributed by atoms with van der Waals surface area (Å²) < 4.78 is 5.08. The molecule has 61 heavy (non-hydrogen) atoms. The second-order valence-electron chi connectivity index (χ2n) is 16.3. The van der Waals surface area contributed by atoms with Gasteiger partial charge < -0.3 is 4.57 Å². The van der Waals surface area contributed by atoms with E-state index in [1.165, 1.54) is 114 Å². The molecule has 0 aliphatic heterocycles. The van der Waals surface area contributed by atoms with Gasteiger partial charge in [0.2, 0.25) is 0 Å². The molecule has 3 heterocycles. The fourth-order valence-corrected chi connectivity index (χ4v) is 11.1. The van der Waals surface area contributed by atoms with Crippen LogP contribution < -0.4 is 0 Å². The molecule has 3 heteroatoms. The van der Waals surface area contributed by atoms with E-state index in [1.54, 1.807) is 0 Å². The Balaban J connectivity index is 1.04. The van der Waals surface area contributed by atoms with Crippen molar-refractivity contribution < 1.29 is 0 Å². The molecule has 0 radical (unpaired) electrons. The van der Waals surface area contributed by atoms with Gasteiger partial charge in [-0.05, 0) is 141 Å². The number of aromatic nitrogens is 2. The van der Waals surface area contributed by atoms with Gasteiger partial charge in [0, 0.05) is 54.1 Å². The van der Waals surface area contributed by atoms with E-state index in [9.17, 15) is 0 Å². The zero-order valence-corrected chi connectivity index (χ0v) is 34.6. The normalized spacial score (nSPS) is 11.8. The van der Waals surface area contributed by atoms with Crippen molar-refractivity contribution in [3.05, 3.63) is 217 Å². The second kappa shape index (κ2) is 14.4. The quantitative estimate of drug-likeness (QED) is 0.147. The van der Waals surface area contributed by atoms with Gasteiger partial charge in [-0.2, -0.15) is 0 Å². The molecule has 0 saturated heterocycles. The summed E-state index contributed by atoms with van der Waals surface area (Å²) in [7, 11) is 0. The summed E-state index contributed by atoms with van der Waals surface area (Å²) in [6.07, 6.45) is 3.79. The molecule has 0 N–H and O–H groups in total. The molecule has 0 bridgehead atoms. The van der Waals surface area contributed by atoms with Crippen molar-refractivity contribution in [1.29, 1.82) is 0 Å². The van der Waals surface area contributed by atoms with E-state index in [0.717, 1.165) is 18.5 Å². The van der Waals surface area contributed by atoms with Crippen LogP contribution in [0, 0.1) is 6.92 Å². The SMILES string of the molecule is Cc1cc2sc3c(ccc4c3c3cc(-c5cccc(-c6cc7ccccc7c7ccccc67)c5)ccc3n4-c3ccccc3)c2cc1-c1cccnc1CCc1ccccc1. The molecule has 0 aliphatic carbocycles. The van der Waals surface area contributed by atoms with Crippen LogP contribution in [0.15, 0.2) is 200 Å². The fourth-order valence-electron chi connectivity index (χ4n) is 9.76. The average molecular weight is 797 g/mol. The average Bonchev–Trinajstić information content (AvgIpc) is 3.85. The summed E-state index contributed by atoms with van der Waals surface area (Å²) in [4.78, 5) is 4.93. The zero-order chi connectivity index (χ0) is 40.4. The number of para-hydroxylation sites is 1. The molecule has 0 spiro atoms. The number of benzene rings is 9. The molecule has 0 fully saturated rings. The maximum Gasteiger partial charge on any atom is 0.0555 e. The van der Waals surface area contributed by atoms with Crippen molar-refractivity contribution in [3.8, 4) is 39.1 Å². The number of fused-ring (bicyclic) bond motifs is 10. The minimum Gasteiger partial charge on any atom is -0.309 e. The van der Waals surface area contributed by atoms with Crippen LogP contribution in [0.2, 0.25) is 0 Å². The molecular weight excluding hydrogens is 757 g/mol. The van der Waals surface area contributed by atoms with E-state index >= 15 is 0 Å². The first kappa shape index (κ1) is 35.6. The molecule has 2 nitrogen and oxygen atoms in total. The van der Waals surface area contributed by atoms with Gasteiger partial charge >= 0.3 is 0 Å². The third-order valence-corrected chi connectivity index (χ3v) is 13.9. The Morgan fingerprint density at radius 3 is 2.07 bits per heavy atom. The van der Waals surface area contributed by atoms with Crippen LogP contribution in [0.1, 0.15) is 16.8 Å². The lowest BCUT2D eigenvalue weighted by molar-refractivity contribution is 0.916. The van der Waals surface area contributed by atoms with Crippen LogP contribution in [0.5, 0.6) is 0 Å². The Morgan fingerprint density at radius 1 is 0.459 bits per heavy atom. The van der Waals surface area contributed by atoms with Gasteiger partial charge in [-0.1, -0.05) is 133 Å². The number of nitrogens with zero attached hydrogens (tertiary/aromatic N) is 2. The van der Waals surface area contributed by atoms with E-state index in [1.807, 2.05) is 17.5 Å². The number of hydrogen-bond donors (Lipinski definition) is 0. The van der Waals surface area contributed by atoms with Crippen LogP contribution in [0.3, 0.4) is 0 Å². The molecule has 0 amide bonds. The Hall–Kier alpha value is -7.33. The standard InChI is InChI=1S/C58H40N2S/c1-37-32-56-51(36-49(37)47-24-13-31-59-53(47)28-25-38-14-4-2-5-15-38)48-27-30-55-57(58(48)61-56)52-34-40(26-29-54(52)60(55)43-19-6-3-7-20-43)39-17-12-18-41(33-39)50-35-42-16-8-9-21-44(42)45-22-10-11-23-46(45)50/h2-24,26-27,29-36H,25,28H2,1H3. The number of aryl methyl sites for hydroxylation is 3. The fraction of sp³-hybridized carbons (Fsp3) is 0.0517. The third kappa shape index (κ3) is 5.96. The maximum atomic E-state index is 4.93. The molecule has 0 saturated carbocycles. The monoisotopic (exact) mass is 796 g/mol. The first-order valence-electron chi connectivity index (χ1n) is 21.2. The van der Waals surface area contributed by atoms with Crippen molar-refractivity contribution in [2.45, 2.75) is 19.8 Å². The van der Waals surface area contributed by atoms with Gasteiger partial charge in [0.15, 0.2) is 0 Å². The lowest BCUT2D eigenvalue weighted by Gasteiger charge is -2.12. The van der Waals surface area contributed by atoms with Crippen LogP contribution >= 0.6 is 11.3 Å². The molecule has 3 aromatic heterocycles. The molecule has 9 aromatic carbocycles. The van der Waals surface area contributed by atoms with Crippen LogP contribution in [-0.2, 0) is 12.8 Å². The summed E-state index contributed by atoms with van der Waals surface area (Å²) in [5.41, 5.74) is 14.7. The van der Waals surface area contributed by atoms with E-state index in [-0.39, 0.29) is 0 Å². The topological polar surface area (TPSA) is 17.8 Å². The molecule has 0 atom stereocenters. The van der Waals surface area contributed by atoms with Crippen LogP contribution in [-0.4, -0.2) is 9.55 Å². The lowest BCUT2D eigenvalue weighted by Crippen LogP contribution is -1.98. The summed E-state index contributed by atoms with van der Waals surface area (Å²) in [5.74, 6) is 0. The van der Waals surface area contributed by atoms with Gasteiger partial charge in [-0.15, -0.1) is 11.3 Å². The van der Waals surface area contributed by atoms with Gasteiger partial charge in [-0.3, -0.25) is 4.98 Å². The molecule has 12 aromatic rings. The maximum absolute atomic E-state index is 4.93. The first-order valence-corrected chi connectivity index (χ1v) is 22.0. The van der Waals surface area contributed by atoms with E-state index in [2.05, 4.69) is 206 Å². The number of hydrogen-bond acceptors (Lipinski definition) is 2.